The molecule has 156 valence electrons. The fourth-order valence-electron chi connectivity index (χ4n) is 2.85. The Morgan fingerprint density at radius 3 is 2.24 bits per heavy atom. The van der Waals surface area contributed by atoms with Crippen molar-refractivity contribution in [3.8, 4) is 23.0 Å². The van der Waals surface area contributed by atoms with Crippen LogP contribution in [0.1, 0.15) is 23.6 Å². The molecule has 29 heavy (non-hydrogen) atoms. The molecule has 0 aliphatic carbocycles. The number of phenols is 1. The van der Waals surface area contributed by atoms with Gasteiger partial charge in [0.05, 0.1) is 20.8 Å². The second kappa shape index (κ2) is 10.2. The van der Waals surface area contributed by atoms with Crippen LogP contribution in [0, 0.1) is 0 Å². The summed E-state index contributed by atoms with van der Waals surface area (Å²) in [6, 6.07) is 12.0. The topological polar surface area (TPSA) is 135 Å². The summed E-state index contributed by atoms with van der Waals surface area (Å²) < 4.78 is 16.1. The van der Waals surface area contributed by atoms with Crippen LogP contribution in [0.15, 0.2) is 36.4 Å². The maximum atomic E-state index is 9.97. The monoisotopic (exact) mass is 405 g/mol. The second-order valence-corrected chi connectivity index (χ2v) is 6.07. The van der Waals surface area contributed by atoms with Crippen LogP contribution < -0.4 is 19.5 Å². The van der Waals surface area contributed by atoms with Crippen molar-refractivity contribution in [2.45, 2.75) is 19.0 Å². The van der Waals surface area contributed by atoms with Gasteiger partial charge in [-0.25, -0.2) is 9.59 Å². The molecule has 9 nitrogen and oxygen atoms in total. The van der Waals surface area contributed by atoms with Crippen molar-refractivity contribution in [2.75, 3.05) is 20.8 Å². The van der Waals surface area contributed by atoms with Gasteiger partial charge in [-0.3, -0.25) is 0 Å². The van der Waals surface area contributed by atoms with Crippen molar-refractivity contribution in [2.24, 2.45) is 0 Å². The van der Waals surface area contributed by atoms with E-state index in [9.17, 15) is 5.11 Å². The molecule has 0 saturated carbocycles. The number of hydrogen-bond donors (Lipinski definition) is 4. The molecule has 2 aromatic carbocycles. The highest BCUT2D eigenvalue weighted by atomic mass is 16.5. The van der Waals surface area contributed by atoms with Crippen molar-refractivity contribution in [3.05, 3.63) is 47.5 Å². The van der Waals surface area contributed by atoms with Crippen LogP contribution in [0.5, 0.6) is 23.0 Å². The van der Waals surface area contributed by atoms with Crippen LogP contribution in [0.2, 0.25) is 0 Å². The largest absolute Gasteiger partial charge is 0.502 e. The number of benzene rings is 2. The third kappa shape index (κ3) is 5.76. The number of carboxylic acid groups (broad SMARTS) is 2. The Balaban J connectivity index is 0.000000438. The molecule has 1 atom stereocenters. The molecule has 0 amide bonds. The number of hydrogen-bond acceptors (Lipinski definition) is 7. The van der Waals surface area contributed by atoms with E-state index in [0.717, 1.165) is 17.7 Å². The van der Waals surface area contributed by atoms with Crippen molar-refractivity contribution in [1.29, 1.82) is 0 Å². The number of aromatic hydroxyl groups is 1. The molecule has 0 radical (unpaired) electrons. The lowest BCUT2D eigenvalue weighted by Crippen LogP contribution is -2.26. The average Bonchev–Trinajstić information content (AvgIpc) is 2.73. The predicted molar refractivity (Wildman–Crippen MR) is 103 cm³/mol. The van der Waals surface area contributed by atoms with E-state index in [1.54, 1.807) is 0 Å². The zero-order valence-electron chi connectivity index (χ0n) is 16.0. The third-order valence-corrected chi connectivity index (χ3v) is 4.23. The minimum atomic E-state index is -1.82. The summed E-state index contributed by atoms with van der Waals surface area (Å²) in [5.74, 6) is -1.86. The molecule has 2 aromatic rings. The molecule has 1 heterocycles. The van der Waals surface area contributed by atoms with E-state index >= 15 is 0 Å². The standard InChI is InChI=1S/C18H21NO4.C2H2O4/c1-21-16-9-12(10-17(22-2)18(16)20)11-19-14-7-8-23-15-6-4-3-5-13(14)15;3-1(4)2(5)6/h3-6,9-10,14,19-20H,7-8,11H2,1-2H3;(H,3,4)(H,5,6). The Morgan fingerprint density at radius 1 is 1.10 bits per heavy atom. The van der Waals surface area contributed by atoms with E-state index in [0.29, 0.717) is 24.7 Å². The van der Waals surface area contributed by atoms with Crippen LogP contribution in [0.4, 0.5) is 0 Å². The zero-order chi connectivity index (χ0) is 21.4. The average molecular weight is 405 g/mol. The quantitative estimate of drug-likeness (QED) is 0.552. The summed E-state index contributed by atoms with van der Waals surface area (Å²) in [6.45, 7) is 1.35. The number of methoxy groups -OCH3 is 2. The van der Waals surface area contributed by atoms with Gasteiger partial charge in [0.25, 0.3) is 0 Å². The molecule has 0 spiro atoms. The van der Waals surface area contributed by atoms with Crippen molar-refractivity contribution >= 4 is 11.9 Å². The van der Waals surface area contributed by atoms with Gasteiger partial charge in [-0.05, 0) is 23.8 Å². The lowest BCUT2D eigenvalue weighted by atomic mass is 10.0. The Labute approximate surface area is 167 Å². The predicted octanol–water partition coefficient (Wildman–Crippen LogP) is 2.18. The Kier molecular flexibility index (Phi) is 7.67. The molecule has 1 aliphatic rings. The summed E-state index contributed by atoms with van der Waals surface area (Å²) in [6.07, 6.45) is 0.920. The van der Waals surface area contributed by atoms with Gasteiger partial charge < -0.3 is 34.8 Å². The van der Waals surface area contributed by atoms with Gasteiger partial charge in [0.15, 0.2) is 11.5 Å². The number of ether oxygens (including phenoxy) is 3. The minimum Gasteiger partial charge on any atom is -0.502 e. The highest BCUT2D eigenvalue weighted by Gasteiger charge is 2.20. The number of rotatable bonds is 5. The van der Waals surface area contributed by atoms with Crippen molar-refractivity contribution < 1.29 is 39.1 Å². The van der Waals surface area contributed by atoms with E-state index in [4.69, 9.17) is 34.0 Å². The van der Waals surface area contributed by atoms with Crippen molar-refractivity contribution in [3.63, 3.8) is 0 Å². The number of carboxylic acids is 2. The normalized spacial score (nSPS) is 14.5. The first-order valence-corrected chi connectivity index (χ1v) is 8.72. The smallest absolute Gasteiger partial charge is 0.414 e. The second-order valence-electron chi connectivity index (χ2n) is 6.07. The summed E-state index contributed by atoms with van der Waals surface area (Å²) in [7, 11) is 3.06. The highest BCUT2D eigenvalue weighted by Crippen LogP contribution is 2.37. The van der Waals surface area contributed by atoms with Crippen molar-refractivity contribution in [1.82, 2.24) is 5.32 Å². The number of aliphatic carboxylic acids is 2. The molecule has 0 saturated heterocycles. The van der Waals surface area contributed by atoms with E-state index in [-0.39, 0.29) is 11.8 Å². The van der Waals surface area contributed by atoms with Gasteiger partial charge in [-0.2, -0.15) is 0 Å². The molecule has 0 aromatic heterocycles. The van der Waals surface area contributed by atoms with Gasteiger partial charge in [0, 0.05) is 24.6 Å². The van der Waals surface area contributed by atoms with Crippen LogP contribution in [0.25, 0.3) is 0 Å². The molecule has 0 fully saturated rings. The van der Waals surface area contributed by atoms with E-state index in [1.807, 2.05) is 30.3 Å². The maximum absolute atomic E-state index is 9.97. The molecule has 3 rings (SSSR count). The lowest BCUT2D eigenvalue weighted by molar-refractivity contribution is -0.159. The van der Waals surface area contributed by atoms with Crippen LogP contribution in [-0.4, -0.2) is 48.1 Å². The molecule has 4 N–H and O–H groups in total. The molecule has 1 aliphatic heterocycles. The highest BCUT2D eigenvalue weighted by molar-refractivity contribution is 6.27. The van der Waals surface area contributed by atoms with Gasteiger partial charge in [0.1, 0.15) is 5.75 Å². The maximum Gasteiger partial charge on any atom is 0.414 e. The number of carbonyl (C=O) groups is 2. The van der Waals surface area contributed by atoms with Gasteiger partial charge in [-0.15, -0.1) is 0 Å². The fraction of sp³-hybridized carbons (Fsp3) is 0.300. The van der Waals surface area contributed by atoms with Gasteiger partial charge in [-0.1, -0.05) is 18.2 Å². The first kappa shape index (κ1) is 21.8. The zero-order valence-corrected chi connectivity index (χ0v) is 16.0. The van der Waals surface area contributed by atoms with Gasteiger partial charge >= 0.3 is 11.9 Å². The molecule has 1 unspecified atom stereocenters. The summed E-state index contributed by atoms with van der Waals surface area (Å²) in [5, 5.41) is 28.3. The molecule has 9 heteroatoms. The fourth-order valence-corrected chi connectivity index (χ4v) is 2.85. The molecular weight excluding hydrogens is 382 g/mol. The third-order valence-electron chi connectivity index (χ3n) is 4.23. The van der Waals surface area contributed by atoms with Crippen LogP contribution in [-0.2, 0) is 16.1 Å². The van der Waals surface area contributed by atoms with Crippen LogP contribution in [0.3, 0.4) is 0 Å². The Hall–Kier alpha value is -3.46. The summed E-state index contributed by atoms with van der Waals surface area (Å²) >= 11 is 0. The molecule has 0 bridgehead atoms. The summed E-state index contributed by atoms with van der Waals surface area (Å²) in [4.78, 5) is 18.2. The number of fused-ring (bicyclic) bond motifs is 1. The lowest BCUT2D eigenvalue weighted by Gasteiger charge is -2.27. The van der Waals surface area contributed by atoms with Gasteiger partial charge in [0.2, 0.25) is 5.75 Å². The number of para-hydroxylation sites is 1. The van der Waals surface area contributed by atoms with E-state index in [1.165, 1.54) is 19.8 Å². The Bertz CT molecular complexity index is 830. The minimum absolute atomic E-state index is 0.0233. The number of phenolic OH excluding ortho intramolecular Hbond substituents is 1. The van der Waals surface area contributed by atoms with E-state index in [2.05, 4.69) is 11.4 Å². The van der Waals surface area contributed by atoms with Crippen LogP contribution >= 0.6 is 0 Å². The summed E-state index contributed by atoms with van der Waals surface area (Å²) in [5.41, 5.74) is 2.16. The van der Waals surface area contributed by atoms with E-state index < -0.39 is 11.9 Å². The Morgan fingerprint density at radius 2 is 1.69 bits per heavy atom. The SMILES string of the molecule is COc1cc(CNC2CCOc3ccccc32)cc(OC)c1O.O=C(O)C(=O)O. The number of nitrogens with one attached hydrogen (secondary N) is 1. The first-order valence-electron chi connectivity index (χ1n) is 8.72. The molecular formula is C20H23NO8. The first-order chi connectivity index (χ1) is 13.9.